The highest BCUT2D eigenvalue weighted by Crippen LogP contribution is 2.27. The minimum absolute atomic E-state index is 0.0520. The zero-order chi connectivity index (χ0) is 18.2. The Hall–Kier alpha value is -1.86. The van der Waals surface area contributed by atoms with Crippen LogP contribution in [-0.2, 0) is 25.4 Å². The molecule has 7 heteroatoms. The normalized spacial score (nSPS) is 12.8. The lowest BCUT2D eigenvalue weighted by Gasteiger charge is -2.19. The van der Waals surface area contributed by atoms with Crippen LogP contribution >= 0.6 is 0 Å². The van der Waals surface area contributed by atoms with Gasteiger partial charge in [0.1, 0.15) is 10.6 Å². The van der Waals surface area contributed by atoms with Crippen LogP contribution < -0.4 is 4.18 Å². The smallest absolute Gasteiger partial charge is 0.339 e. The first kappa shape index (κ1) is 18.5. The van der Waals surface area contributed by atoms with Crippen LogP contribution in [0.5, 0.6) is 5.75 Å². The van der Waals surface area contributed by atoms with Crippen LogP contribution in [0, 0.1) is 0 Å². The van der Waals surface area contributed by atoms with Crippen molar-refractivity contribution >= 4 is 20.0 Å². The lowest BCUT2D eigenvalue weighted by atomic mass is 9.87. The molecule has 0 aromatic heterocycles. The Bertz CT molecular complexity index is 935. The summed E-state index contributed by atoms with van der Waals surface area (Å²) in [4.78, 5) is -0.0489. The fourth-order valence-electron chi connectivity index (χ4n) is 2.04. The Morgan fingerprint density at radius 2 is 1.38 bits per heavy atom. The zero-order valence-electron chi connectivity index (χ0n) is 14.0. The Kier molecular flexibility index (Phi) is 4.79. The molecule has 0 amide bonds. The molecule has 2 aromatic rings. The number of hydrogen-bond donors (Lipinski definition) is 0. The fourth-order valence-corrected chi connectivity index (χ4v) is 3.60. The van der Waals surface area contributed by atoms with Gasteiger partial charge in [-0.3, -0.25) is 0 Å². The number of sulfone groups is 1. The highest BCUT2D eigenvalue weighted by Gasteiger charge is 2.20. The number of benzene rings is 2. The second kappa shape index (κ2) is 6.22. The Morgan fingerprint density at radius 1 is 0.833 bits per heavy atom. The molecule has 0 aliphatic heterocycles. The average Bonchev–Trinajstić information content (AvgIpc) is 2.45. The highest BCUT2D eigenvalue weighted by molar-refractivity contribution is 7.90. The lowest BCUT2D eigenvalue weighted by Crippen LogP contribution is -2.13. The van der Waals surface area contributed by atoms with Crippen molar-refractivity contribution in [1.29, 1.82) is 0 Å². The molecule has 5 nitrogen and oxygen atoms in total. The maximum absolute atomic E-state index is 12.4. The van der Waals surface area contributed by atoms with Gasteiger partial charge < -0.3 is 4.18 Å². The van der Waals surface area contributed by atoms with Gasteiger partial charge in [0.2, 0.25) is 0 Å². The van der Waals surface area contributed by atoms with E-state index >= 15 is 0 Å². The summed E-state index contributed by atoms with van der Waals surface area (Å²) in [6.07, 6.45) is 1.06. The summed E-state index contributed by atoms with van der Waals surface area (Å²) in [5.74, 6) is 0.217. The maximum Gasteiger partial charge on any atom is 0.339 e. The van der Waals surface area contributed by atoms with Crippen molar-refractivity contribution in [3.8, 4) is 5.75 Å². The molecule has 0 atom stereocenters. The van der Waals surface area contributed by atoms with Crippen molar-refractivity contribution in [1.82, 2.24) is 0 Å². The summed E-state index contributed by atoms with van der Waals surface area (Å²) in [6.45, 7) is 6.06. The SMILES string of the molecule is CC(C)(C)c1cccc(OS(=O)(=O)c2ccc(S(C)(=O)=O)cc2)c1. The minimum Gasteiger partial charge on any atom is -0.379 e. The second-order valence-electron chi connectivity index (χ2n) is 6.56. The third-order valence-electron chi connectivity index (χ3n) is 3.45. The van der Waals surface area contributed by atoms with Crippen LogP contribution in [0.15, 0.2) is 58.3 Å². The van der Waals surface area contributed by atoms with Crippen LogP contribution in [0.4, 0.5) is 0 Å². The van der Waals surface area contributed by atoms with Crippen molar-refractivity contribution < 1.29 is 21.0 Å². The van der Waals surface area contributed by atoms with E-state index in [4.69, 9.17) is 4.18 Å². The molecule has 2 aromatic carbocycles. The van der Waals surface area contributed by atoms with E-state index in [2.05, 4.69) is 0 Å². The quantitative estimate of drug-likeness (QED) is 0.775. The van der Waals surface area contributed by atoms with Gasteiger partial charge in [-0.1, -0.05) is 32.9 Å². The van der Waals surface area contributed by atoms with Gasteiger partial charge >= 0.3 is 10.1 Å². The van der Waals surface area contributed by atoms with Crippen LogP contribution in [0.2, 0.25) is 0 Å². The highest BCUT2D eigenvalue weighted by atomic mass is 32.2. The molecule has 0 saturated carbocycles. The fraction of sp³-hybridized carbons (Fsp3) is 0.294. The predicted molar refractivity (Wildman–Crippen MR) is 92.5 cm³/mol. The summed E-state index contributed by atoms with van der Waals surface area (Å²) < 4.78 is 52.7. The van der Waals surface area contributed by atoms with Gasteiger partial charge in [0.05, 0.1) is 4.90 Å². The molecular weight excluding hydrogens is 348 g/mol. The maximum atomic E-state index is 12.4. The van der Waals surface area contributed by atoms with Crippen molar-refractivity contribution in [2.45, 2.75) is 36.0 Å². The minimum atomic E-state index is -4.03. The molecule has 0 heterocycles. The predicted octanol–water partition coefficient (Wildman–Crippen LogP) is 3.16. The third kappa shape index (κ3) is 4.36. The van der Waals surface area contributed by atoms with Crippen molar-refractivity contribution in [3.63, 3.8) is 0 Å². The summed E-state index contributed by atoms with van der Waals surface area (Å²) in [6, 6.07) is 11.8. The molecule has 24 heavy (non-hydrogen) atoms. The molecule has 0 N–H and O–H groups in total. The average molecular weight is 368 g/mol. The standard InChI is InChI=1S/C17H20O5S2/c1-17(2,3)13-6-5-7-14(12-13)22-24(20,21)16-10-8-15(9-11-16)23(4,18)19/h5-12H,1-4H3. The van der Waals surface area contributed by atoms with Crippen LogP contribution in [0.1, 0.15) is 26.3 Å². The first-order valence-electron chi connectivity index (χ1n) is 7.25. The number of hydrogen-bond acceptors (Lipinski definition) is 5. The summed E-state index contributed by atoms with van der Waals surface area (Å²) in [5.41, 5.74) is 0.808. The summed E-state index contributed by atoms with van der Waals surface area (Å²) in [7, 11) is -7.41. The molecule has 0 bridgehead atoms. The third-order valence-corrected chi connectivity index (χ3v) is 5.84. The Labute approximate surface area is 143 Å². The molecule has 0 aliphatic carbocycles. The monoisotopic (exact) mass is 368 g/mol. The molecule has 2 rings (SSSR count). The zero-order valence-corrected chi connectivity index (χ0v) is 15.6. The van der Waals surface area contributed by atoms with E-state index in [0.29, 0.717) is 0 Å². The second-order valence-corrected chi connectivity index (χ2v) is 10.1. The van der Waals surface area contributed by atoms with Gasteiger partial charge in [-0.05, 0) is 47.4 Å². The molecule has 0 aliphatic rings. The van der Waals surface area contributed by atoms with Gasteiger partial charge in [-0.25, -0.2) is 8.42 Å². The van der Waals surface area contributed by atoms with Crippen molar-refractivity contribution in [3.05, 3.63) is 54.1 Å². The molecule has 0 saturated heterocycles. The lowest BCUT2D eigenvalue weighted by molar-refractivity contribution is 0.483. The van der Waals surface area contributed by atoms with E-state index in [9.17, 15) is 16.8 Å². The van der Waals surface area contributed by atoms with Crippen LogP contribution in [0.25, 0.3) is 0 Å². The van der Waals surface area contributed by atoms with Crippen LogP contribution in [0.3, 0.4) is 0 Å². The molecule has 0 spiro atoms. The van der Waals surface area contributed by atoms with Gasteiger partial charge in [0.25, 0.3) is 0 Å². The molecule has 0 unspecified atom stereocenters. The molecule has 0 fully saturated rings. The summed E-state index contributed by atoms with van der Waals surface area (Å²) in [5, 5.41) is 0. The van der Waals surface area contributed by atoms with Gasteiger partial charge in [-0.15, -0.1) is 0 Å². The van der Waals surface area contributed by atoms with E-state index in [-0.39, 0.29) is 21.0 Å². The Balaban J connectivity index is 2.32. The first-order valence-corrected chi connectivity index (χ1v) is 10.5. The van der Waals surface area contributed by atoms with Gasteiger partial charge in [0, 0.05) is 6.26 Å². The van der Waals surface area contributed by atoms with Crippen LogP contribution in [-0.4, -0.2) is 23.1 Å². The van der Waals surface area contributed by atoms with E-state index in [1.54, 1.807) is 18.2 Å². The van der Waals surface area contributed by atoms with Crippen molar-refractivity contribution in [2.75, 3.05) is 6.26 Å². The van der Waals surface area contributed by atoms with E-state index in [0.717, 1.165) is 11.8 Å². The molecular formula is C17H20O5S2. The van der Waals surface area contributed by atoms with Crippen molar-refractivity contribution in [2.24, 2.45) is 0 Å². The molecule has 0 radical (unpaired) electrons. The largest absolute Gasteiger partial charge is 0.379 e. The van der Waals surface area contributed by atoms with Gasteiger partial charge in [0.15, 0.2) is 9.84 Å². The topological polar surface area (TPSA) is 77.5 Å². The summed E-state index contributed by atoms with van der Waals surface area (Å²) >= 11 is 0. The van der Waals surface area contributed by atoms with E-state index in [1.807, 2.05) is 26.8 Å². The van der Waals surface area contributed by atoms with E-state index in [1.165, 1.54) is 24.3 Å². The van der Waals surface area contributed by atoms with Gasteiger partial charge in [-0.2, -0.15) is 8.42 Å². The number of rotatable bonds is 4. The van der Waals surface area contributed by atoms with E-state index < -0.39 is 20.0 Å². The molecule has 130 valence electrons. The Morgan fingerprint density at radius 3 is 1.88 bits per heavy atom. The first-order chi connectivity index (χ1) is 10.9.